The molecule has 1 fully saturated rings. The predicted octanol–water partition coefficient (Wildman–Crippen LogP) is 6.39. The lowest BCUT2D eigenvalue weighted by Gasteiger charge is -2.36. The third-order valence-electron chi connectivity index (χ3n) is 6.13. The summed E-state index contributed by atoms with van der Waals surface area (Å²) in [7, 11) is 0. The van der Waals surface area contributed by atoms with Crippen LogP contribution in [0.2, 0.25) is 5.02 Å². The molecule has 31 heavy (non-hydrogen) atoms. The Morgan fingerprint density at radius 1 is 1.26 bits per heavy atom. The third-order valence-corrected chi connectivity index (χ3v) is 6.49. The van der Waals surface area contributed by atoms with Gasteiger partial charge in [-0.05, 0) is 48.3 Å². The van der Waals surface area contributed by atoms with Crippen molar-refractivity contribution in [2.75, 3.05) is 6.61 Å². The predicted molar refractivity (Wildman–Crippen MR) is 124 cm³/mol. The van der Waals surface area contributed by atoms with E-state index in [0.717, 1.165) is 42.4 Å². The molecule has 1 aliphatic heterocycles. The van der Waals surface area contributed by atoms with Gasteiger partial charge in [0.25, 0.3) is 0 Å². The van der Waals surface area contributed by atoms with Crippen molar-refractivity contribution in [1.29, 1.82) is 0 Å². The SMILES string of the molecule is CCCCCCc1cc(C2CC(C)(C)CCO2)c(-c2cc(=O)c(C(=O)O)c[nH]2)cc1Cl. The minimum absolute atomic E-state index is 0.104. The van der Waals surface area contributed by atoms with Crippen LogP contribution in [0.4, 0.5) is 0 Å². The number of carboxylic acids is 1. The molecule has 0 radical (unpaired) electrons. The van der Waals surface area contributed by atoms with Gasteiger partial charge in [-0.2, -0.15) is 0 Å². The van der Waals surface area contributed by atoms with Gasteiger partial charge in [0.05, 0.1) is 6.10 Å². The van der Waals surface area contributed by atoms with Crippen molar-refractivity contribution in [3.8, 4) is 11.3 Å². The third kappa shape index (κ3) is 5.78. The molecular formula is C25H32ClNO4. The highest BCUT2D eigenvalue weighted by Gasteiger charge is 2.31. The molecule has 0 saturated carbocycles. The van der Waals surface area contributed by atoms with Crippen LogP contribution < -0.4 is 5.43 Å². The Kier molecular flexibility index (Phi) is 7.60. The van der Waals surface area contributed by atoms with E-state index in [1.54, 1.807) is 0 Å². The van der Waals surface area contributed by atoms with Crippen molar-refractivity contribution in [3.05, 3.63) is 56.3 Å². The summed E-state index contributed by atoms with van der Waals surface area (Å²) in [6.07, 6.45) is 8.55. The first-order chi connectivity index (χ1) is 14.7. The molecule has 1 aromatic carbocycles. The Morgan fingerprint density at radius 3 is 2.68 bits per heavy atom. The van der Waals surface area contributed by atoms with E-state index in [0.29, 0.717) is 17.3 Å². The number of carbonyl (C=O) groups is 1. The number of halogens is 1. The number of aromatic nitrogens is 1. The van der Waals surface area contributed by atoms with Crippen LogP contribution in [0, 0.1) is 5.41 Å². The van der Waals surface area contributed by atoms with Crippen molar-refractivity contribution in [1.82, 2.24) is 4.98 Å². The van der Waals surface area contributed by atoms with Crippen LogP contribution in [-0.4, -0.2) is 22.7 Å². The zero-order chi connectivity index (χ0) is 22.6. The Bertz CT molecular complexity index is 996. The number of rotatable bonds is 8. The Hall–Kier alpha value is -2.11. The number of unbranched alkanes of at least 4 members (excludes halogenated alkanes) is 3. The monoisotopic (exact) mass is 445 g/mol. The number of hydrogen-bond acceptors (Lipinski definition) is 3. The van der Waals surface area contributed by atoms with E-state index in [1.165, 1.54) is 31.5 Å². The van der Waals surface area contributed by atoms with E-state index in [1.807, 2.05) is 6.07 Å². The molecule has 5 nitrogen and oxygen atoms in total. The van der Waals surface area contributed by atoms with Gasteiger partial charge in [-0.1, -0.05) is 57.7 Å². The molecule has 168 valence electrons. The van der Waals surface area contributed by atoms with Crippen LogP contribution in [0.1, 0.15) is 86.9 Å². The standard InChI is InChI=1S/C25H32ClNO4/c1-4-5-6-7-8-16-11-18(23-14-25(2,3)9-10-31-23)17(12-20(16)26)21-13-22(28)19(15-27-21)24(29)30/h11-13,15,23H,4-10,14H2,1-3H3,(H,27,28)(H,29,30). The molecule has 1 saturated heterocycles. The smallest absolute Gasteiger partial charge is 0.341 e. The summed E-state index contributed by atoms with van der Waals surface area (Å²) in [5.41, 5.74) is 2.78. The molecule has 6 heteroatoms. The van der Waals surface area contributed by atoms with Crippen LogP contribution in [0.15, 0.2) is 29.2 Å². The average Bonchev–Trinajstić information content (AvgIpc) is 2.70. The second kappa shape index (κ2) is 10.0. The molecule has 0 aliphatic carbocycles. The highest BCUT2D eigenvalue weighted by Crippen LogP contribution is 2.43. The first-order valence-electron chi connectivity index (χ1n) is 11.1. The maximum Gasteiger partial charge on any atom is 0.341 e. The number of hydrogen-bond donors (Lipinski definition) is 2. The maximum atomic E-state index is 12.3. The summed E-state index contributed by atoms with van der Waals surface area (Å²) in [5, 5.41) is 9.84. The Labute approximate surface area is 188 Å². The van der Waals surface area contributed by atoms with Gasteiger partial charge in [-0.15, -0.1) is 0 Å². The van der Waals surface area contributed by atoms with Crippen molar-refractivity contribution in [3.63, 3.8) is 0 Å². The largest absolute Gasteiger partial charge is 0.477 e. The van der Waals surface area contributed by atoms with Crippen molar-refractivity contribution < 1.29 is 14.6 Å². The van der Waals surface area contributed by atoms with Gasteiger partial charge < -0.3 is 14.8 Å². The van der Waals surface area contributed by atoms with Crippen LogP contribution in [0.3, 0.4) is 0 Å². The number of benzene rings is 1. The molecule has 0 amide bonds. The highest BCUT2D eigenvalue weighted by atomic mass is 35.5. The van der Waals surface area contributed by atoms with Crippen molar-refractivity contribution in [2.24, 2.45) is 5.41 Å². The molecule has 0 bridgehead atoms. The highest BCUT2D eigenvalue weighted by molar-refractivity contribution is 6.31. The Balaban J connectivity index is 2.04. The summed E-state index contributed by atoms with van der Waals surface area (Å²) < 4.78 is 6.16. The molecular weight excluding hydrogens is 414 g/mol. The van der Waals surface area contributed by atoms with E-state index >= 15 is 0 Å². The zero-order valence-electron chi connectivity index (χ0n) is 18.6. The van der Waals surface area contributed by atoms with E-state index < -0.39 is 11.4 Å². The summed E-state index contributed by atoms with van der Waals surface area (Å²) in [6, 6.07) is 5.36. The topological polar surface area (TPSA) is 79.4 Å². The number of aromatic carboxylic acids is 1. The Morgan fingerprint density at radius 2 is 2.03 bits per heavy atom. The number of nitrogens with one attached hydrogen (secondary N) is 1. The van der Waals surface area contributed by atoms with E-state index in [9.17, 15) is 14.7 Å². The lowest BCUT2D eigenvalue weighted by atomic mass is 9.79. The summed E-state index contributed by atoms with van der Waals surface area (Å²) in [4.78, 5) is 26.6. The summed E-state index contributed by atoms with van der Waals surface area (Å²) in [5.74, 6) is -1.24. The van der Waals surface area contributed by atoms with E-state index in [2.05, 4.69) is 31.8 Å². The fourth-order valence-corrected chi connectivity index (χ4v) is 4.46. The quantitative estimate of drug-likeness (QED) is 0.461. The van der Waals surface area contributed by atoms with Gasteiger partial charge >= 0.3 is 5.97 Å². The van der Waals surface area contributed by atoms with Crippen LogP contribution >= 0.6 is 11.6 Å². The molecule has 0 spiro atoms. The van der Waals surface area contributed by atoms with Crippen LogP contribution in [-0.2, 0) is 11.2 Å². The van der Waals surface area contributed by atoms with Crippen molar-refractivity contribution >= 4 is 17.6 Å². The van der Waals surface area contributed by atoms with Gasteiger partial charge in [-0.25, -0.2) is 4.79 Å². The normalized spacial score (nSPS) is 18.1. The van der Waals surface area contributed by atoms with Gasteiger partial charge in [0, 0.05) is 35.2 Å². The maximum absolute atomic E-state index is 12.3. The molecule has 2 heterocycles. The molecule has 3 rings (SSSR count). The second-order valence-electron chi connectivity index (χ2n) is 9.25. The molecule has 1 unspecified atom stereocenters. The molecule has 2 N–H and O–H groups in total. The first kappa shape index (κ1) is 23.6. The second-order valence-corrected chi connectivity index (χ2v) is 9.66. The number of H-pyrrole nitrogens is 1. The lowest BCUT2D eigenvalue weighted by molar-refractivity contribution is -0.0372. The van der Waals surface area contributed by atoms with Gasteiger partial charge in [-0.3, -0.25) is 4.79 Å². The summed E-state index contributed by atoms with van der Waals surface area (Å²) >= 11 is 6.65. The average molecular weight is 446 g/mol. The fourth-order valence-electron chi connectivity index (χ4n) is 4.20. The fraction of sp³-hybridized carbons (Fsp3) is 0.520. The van der Waals surface area contributed by atoms with Gasteiger partial charge in [0.1, 0.15) is 5.56 Å². The minimum Gasteiger partial charge on any atom is -0.477 e. The van der Waals surface area contributed by atoms with Crippen LogP contribution in [0.25, 0.3) is 11.3 Å². The molecule has 1 aliphatic rings. The van der Waals surface area contributed by atoms with E-state index in [4.69, 9.17) is 16.3 Å². The number of pyridine rings is 1. The van der Waals surface area contributed by atoms with Gasteiger partial charge in [0.15, 0.2) is 5.43 Å². The minimum atomic E-state index is -1.24. The lowest BCUT2D eigenvalue weighted by Crippen LogP contribution is -2.26. The number of carboxylic acid groups (broad SMARTS) is 1. The molecule has 1 aromatic heterocycles. The van der Waals surface area contributed by atoms with Crippen molar-refractivity contribution in [2.45, 2.75) is 71.8 Å². The number of aryl methyl sites for hydroxylation is 1. The van der Waals surface area contributed by atoms with Gasteiger partial charge in [0.2, 0.25) is 0 Å². The van der Waals surface area contributed by atoms with Crippen LogP contribution in [0.5, 0.6) is 0 Å². The summed E-state index contributed by atoms with van der Waals surface area (Å²) in [6.45, 7) is 7.36. The molecule has 1 atom stereocenters. The zero-order valence-corrected chi connectivity index (χ0v) is 19.3. The number of ether oxygens (including phenoxy) is 1. The van der Waals surface area contributed by atoms with E-state index in [-0.39, 0.29) is 17.1 Å². The number of aromatic amines is 1. The molecule has 2 aromatic rings. The first-order valence-corrected chi connectivity index (χ1v) is 11.5.